The van der Waals surface area contributed by atoms with Gasteiger partial charge in [0.2, 0.25) is 5.91 Å². The summed E-state index contributed by atoms with van der Waals surface area (Å²) in [5, 5.41) is 0. The summed E-state index contributed by atoms with van der Waals surface area (Å²) >= 11 is 0. The molecule has 3 heterocycles. The molecule has 2 fully saturated rings. The van der Waals surface area contributed by atoms with E-state index < -0.39 is 0 Å². The number of aryl methyl sites for hydroxylation is 1. The molecule has 3 rings (SSSR count). The largest absolute Gasteiger partial charge is 0.381 e. The molecular formula is C14H21N3O3. The third kappa shape index (κ3) is 2.71. The Balaban J connectivity index is 1.76. The lowest BCUT2D eigenvalue weighted by Gasteiger charge is -2.37. The highest BCUT2D eigenvalue weighted by Gasteiger charge is 2.34. The molecule has 0 spiro atoms. The number of nitrogens with one attached hydrogen (secondary N) is 1. The van der Waals surface area contributed by atoms with E-state index in [1.54, 1.807) is 6.20 Å². The number of ether oxygens (including phenoxy) is 2. The van der Waals surface area contributed by atoms with Crippen molar-refractivity contribution in [3.05, 3.63) is 17.7 Å². The van der Waals surface area contributed by atoms with E-state index in [4.69, 9.17) is 9.47 Å². The van der Waals surface area contributed by atoms with Gasteiger partial charge in [0.1, 0.15) is 11.9 Å². The van der Waals surface area contributed by atoms with Crippen LogP contribution in [0.2, 0.25) is 0 Å². The van der Waals surface area contributed by atoms with E-state index >= 15 is 0 Å². The molecule has 1 N–H and O–H groups in total. The van der Waals surface area contributed by atoms with Gasteiger partial charge in [0, 0.05) is 37.6 Å². The fourth-order valence-electron chi connectivity index (χ4n) is 2.88. The fraction of sp³-hybridized carbons (Fsp3) is 0.714. The number of imidazole rings is 1. The van der Waals surface area contributed by atoms with Crippen LogP contribution < -0.4 is 0 Å². The standard InChI is InChI=1S/C14H21N3O3/c1-10-8-15-13(16-10)12-9-20-7-4-17(12)14(18)11-2-5-19-6-3-11/h8,11-12H,2-7,9H2,1H3,(H,15,16)/t12-/m0/s1. The number of rotatable bonds is 2. The number of carbonyl (C=O) groups is 1. The van der Waals surface area contributed by atoms with Gasteiger partial charge in [0.15, 0.2) is 0 Å². The van der Waals surface area contributed by atoms with Gasteiger partial charge < -0.3 is 19.4 Å². The molecule has 1 amide bonds. The van der Waals surface area contributed by atoms with Crippen LogP contribution in [-0.2, 0) is 14.3 Å². The fourth-order valence-corrected chi connectivity index (χ4v) is 2.88. The Kier molecular flexibility index (Phi) is 4.03. The molecule has 2 saturated heterocycles. The molecule has 0 unspecified atom stereocenters. The average molecular weight is 279 g/mol. The number of carbonyl (C=O) groups excluding carboxylic acids is 1. The first kappa shape index (κ1) is 13.6. The molecule has 6 nitrogen and oxygen atoms in total. The second-order valence-electron chi connectivity index (χ2n) is 5.46. The highest BCUT2D eigenvalue weighted by atomic mass is 16.5. The van der Waals surface area contributed by atoms with E-state index in [9.17, 15) is 4.79 Å². The number of aromatic amines is 1. The van der Waals surface area contributed by atoms with E-state index in [0.29, 0.717) is 33.0 Å². The van der Waals surface area contributed by atoms with Crippen molar-refractivity contribution in [1.82, 2.24) is 14.9 Å². The minimum absolute atomic E-state index is 0.0837. The van der Waals surface area contributed by atoms with Crippen molar-refractivity contribution in [2.24, 2.45) is 5.92 Å². The van der Waals surface area contributed by atoms with Gasteiger partial charge in [0.25, 0.3) is 0 Å². The van der Waals surface area contributed by atoms with Crippen LogP contribution in [0.4, 0.5) is 0 Å². The summed E-state index contributed by atoms with van der Waals surface area (Å²) in [5.41, 5.74) is 1.00. The smallest absolute Gasteiger partial charge is 0.226 e. The van der Waals surface area contributed by atoms with Crippen molar-refractivity contribution in [3.63, 3.8) is 0 Å². The van der Waals surface area contributed by atoms with Gasteiger partial charge in [0.05, 0.1) is 13.2 Å². The quantitative estimate of drug-likeness (QED) is 0.878. The summed E-state index contributed by atoms with van der Waals surface area (Å²) in [6.07, 6.45) is 3.43. The molecular weight excluding hydrogens is 258 g/mol. The number of morpholine rings is 1. The summed E-state index contributed by atoms with van der Waals surface area (Å²) in [6, 6.07) is -0.0900. The first-order chi connectivity index (χ1) is 9.75. The number of amides is 1. The van der Waals surface area contributed by atoms with E-state index in [-0.39, 0.29) is 17.9 Å². The molecule has 1 aromatic rings. The second-order valence-corrected chi connectivity index (χ2v) is 5.46. The van der Waals surface area contributed by atoms with E-state index in [0.717, 1.165) is 24.4 Å². The van der Waals surface area contributed by atoms with Crippen LogP contribution in [0.25, 0.3) is 0 Å². The summed E-state index contributed by atoms with van der Waals surface area (Å²) in [6.45, 7) is 5.09. The minimum Gasteiger partial charge on any atom is -0.381 e. The van der Waals surface area contributed by atoms with Crippen LogP contribution in [0.15, 0.2) is 6.20 Å². The van der Waals surface area contributed by atoms with Gasteiger partial charge >= 0.3 is 0 Å². The van der Waals surface area contributed by atoms with Crippen molar-refractivity contribution >= 4 is 5.91 Å². The lowest BCUT2D eigenvalue weighted by atomic mass is 9.97. The number of hydrogen-bond acceptors (Lipinski definition) is 4. The number of nitrogens with zero attached hydrogens (tertiary/aromatic N) is 2. The molecule has 0 bridgehead atoms. The van der Waals surface area contributed by atoms with E-state index in [1.807, 2.05) is 11.8 Å². The third-order valence-electron chi connectivity index (χ3n) is 4.02. The second kappa shape index (κ2) is 5.93. The Hall–Kier alpha value is -1.40. The summed E-state index contributed by atoms with van der Waals surface area (Å²) < 4.78 is 10.9. The van der Waals surface area contributed by atoms with Gasteiger partial charge in [-0.3, -0.25) is 4.79 Å². The van der Waals surface area contributed by atoms with Crippen LogP contribution in [0.3, 0.4) is 0 Å². The van der Waals surface area contributed by atoms with Crippen LogP contribution in [0.5, 0.6) is 0 Å². The molecule has 6 heteroatoms. The predicted molar refractivity (Wildman–Crippen MR) is 72.1 cm³/mol. The van der Waals surface area contributed by atoms with Crippen molar-refractivity contribution in [2.45, 2.75) is 25.8 Å². The molecule has 2 aliphatic rings. The average Bonchev–Trinajstić information content (AvgIpc) is 2.94. The molecule has 0 aromatic carbocycles. The zero-order chi connectivity index (χ0) is 13.9. The third-order valence-corrected chi connectivity index (χ3v) is 4.02. The normalized spacial score (nSPS) is 24.9. The molecule has 1 aromatic heterocycles. The first-order valence-electron chi connectivity index (χ1n) is 7.23. The topological polar surface area (TPSA) is 67.4 Å². The minimum atomic E-state index is -0.0900. The number of hydrogen-bond donors (Lipinski definition) is 1. The summed E-state index contributed by atoms with van der Waals surface area (Å²) in [7, 11) is 0. The van der Waals surface area contributed by atoms with Gasteiger partial charge in [-0.15, -0.1) is 0 Å². The van der Waals surface area contributed by atoms with Crippen molar-refractivity contribution in [3.8, 4) is 0 Å². The number of aromatic nitrogens is 2. The molecule has 0 radical (unpaired) electrons. The Bertz CT molecular complexity index is 468. The maximum Gasteiger partial charge on any atom is 0.226 e. The molecule has 0 aliphatic carbocycles. The highest BCUT2D eigenvalue weighted by Crippen LogP contribution is 2.26. The molecule has 0 saturated carbocycles. The Morgan fingerprint density at radius 1 is 1.35 bits per heavy atom. The SMILES string of the molecule is Cc1cnc([C@@H]2COCCN2C(=O)C2CCOCC2)[nH]1. The van der Waals surface area contributed by atoms with Crippen LogP contribution in [-0.4, -0.2) is 53.7 Å². The molecule has 20 heavy (non-hydrogen) atoms. The van der Waals surface area contributed by atoms with Crippen molar-refractivity contribution in [2.75, 3.05) is 33.0 Å². The zero-order valence-corrected chi connectivity index (χ0v) is 11.8. The Morgan fingerprint density at radius 3 is 2.85 bits per heavy atom. The van der Waals surface area contributed by atoms with Gasteiger partial charge in [-0.05, 0) is 19.8 Å². The van der Waals surface area contributed by atoms with E-state index in [2.05, 4.69) is 9.97 Å². The summed E-state index contributed by atoms with van der Waals surface area (Å²) in [4.78, 5) is 22.2. The van der Waals surface area contributed by atoms with Crippen molar-refractivity contribution < 1.29 is 14.3 Å². The highest BCUT2D eigenvalue weighted by molar-refractivity contribution is 5.79. The monoisotopic (exact) mass is 279 g/mol. The molecule has 2 aliphatic heterocycles. The predicted octanol–water partition coefficient (Wildman–Crippen LogP) is 1.04. The lowest BCUT2D eigenvalue weighted by Crippen LogP contribution is -2.47. The number of H-pyrrole nitrogens is 1. The van der Waals surface area contributed by atoms with Crippen LogP contribution >= 0.6 is 0 Å². The first-order valence-corrected chi connectivity index (χ1v) is 7.23. The Labute approximate surface area is 118 Å². The van der Waals surface area contributed by atoms with Gasteiger partial charge in [-0.2, -0.15) is 0 Å². The maximum absolute atomic E-state index is 12.7. The van der Waals surface area contributed by atoms with Crippen LogP contribution in [0.1, 0.15) is 30.4 Å². The Morgan fingerprint density at radius 2 is 2.15 bits per heavy atom. The molecule has 110 valence electrons. The van der Waals surface area contributed by atoms with Crippen LogP contribution in [0, 0.1) is 12.8 Å². The van der Waals surface area contributed by atoms with Gasteiger partial charge in [-0.25, -0.2) is 4.98 Å². The van der Waals surface area contributed by atoms with E-state index in [1.165, 1.54) is 0 Å². The summed E-state index contributed by atoms with van der Waals surface area (Å²) in [5.74, 6) is 1.12. The van der Waals surface area contributed by atoms with Gasteiger partial charge in [-0.1, -0.05) is 0 Å². The maximum atomic E-state index is 12.7. The van der Waals surface area contributed by atoms with Crippen molar-refractivity contribution in [1.29, 1.82) is 0 Å². The zero-order valence-electron chi connectivity index (χ0n) is 11.8. The molecule has 1 atom stereocenters. The lowest BCUT2D eigenvalue weighted by molar-refractivity contribution is -0.147.